The Balaban J connectivity index is 1.34. The highest BCUT2D eigenvalue weighted by Crippen LogP contribution is 2.42. The van der Waals surface area contributed by atoms with E-state index in [1.54, 1.807) is 6.20 Å². The number of H-pyrrole nitrogens is 1. The molecule has 0 radical (unpaired) electrons. The number of ether oxygens (including phenoxy) is 1. The number of aromatic nitrogens is 2. The van der Waals surface area contributed by atoms with Gasteiger partial charge in [0.15, 0.2) is 6.10 Å². The van der Waals surface area contributed by atoms with Gasteiger partial charge in [0.1, 0.15) is 11.6 Å². The van der Waals surface area contributed by atoms with Crippen molar-refractivity contribution in [3.05, 3.63) is 76.7 Å². The molecular weight excluding hydrogens is 450 g/mol. The van der Waals surface area contributed by atoms with Crippen LogP contribution >= 0.6 is 11.6 Å². The number of hydrogen-bond acceptors (Lipinski definition) is 5. The summed E-state index contributed by atoms with van der Waals surface area (Å²) in [6.45, 7) is 8.44. The Morgan fingerprint density at radius 3 is 2.79 bits per heavy atom. The molecule has 2 aromatic heterocycles. The van der Waals surface area contributed by atoms with Crippen LogP contribution in [0.3, 0.4) is 0 Å². The first kappa shape index (κ1) is 22.2. The fourth-order valence-electron chi connectivity index (χ4n) is 4.76. The molecule has 1 fully saturated rings. The number of rotatable bonds is 5. The second kappa shape index (κ2) is 9.35. The number of aromatic amines is 1. The molecule has 2 aliphatic heterocycles. The van der Waals surface area contributed by atoms with Gasteiger partial charge in [-0.2, -0.15) is 0 Å². The molecule has 1 saturated heterocycles. The third-order valence-electron chi connectivity index (χ3n) is 6.43. The summed E-state index contributed by atoms with van der Waals surface area (Å²) in [5.74, 6) is 1.40. The van der Waals surface area contributed by atoms with Crippen molar-refractivity contribution in [3.8, 4) is 5.75 Å². The monoisotopic (exact) mass is 475 g/mol. The second-order valence-electron chi connectivity index (χ2n) is 8.38. The fourth-order valence-corrected chi connectivity index (χ4v) is 5.00. The van der Waals surface area contributed by atoms with Gasteiger partial charge < -0.3 is 19.5 Å². The number of piperazine rings is 1. The van der Waals surface area contributed by atoms with Crippen LogP contribution in [-0.2, 0) is 11.2 Å². The molecule has 0 spiro atoms. The summed E-state index contributed by atoms with van der Waals surface area (Å²) < 4.78 is 6.30. The molecule has 7 nitrogen and oxygen atoms in total. The lowest BCUT2D eigenvalue weighted by Gasteiger charge is -2.36. The summed E-state index contributed by atoms with van der Waals surface area (Å²) in [6, 6.07) is 9.70. The summed E-state index contributed by atoms with van der Waals surface area (Å²) >= 11 is 6.48. The van der Waals surface area contributed by atoms with Gasteiger partial charge in [0.2, 0.25) is 0 Å². The van der Waals surface area contributed by atoms with E-state index in [2.05, 4.69) is 26.6 Å². The van der Waals surface area contributed by atoms with Gasteiger partial charge in [-0.25, -0.2) is 4.99 Å². The van der Waals surface area contributed by atoms with Gasteiger partial charge in [-0.15, -0.1) is 0 Å². The van der Waals surface area contributed by atoms with E-state index in [1.165, 1.54) is 0 Å². The summed E-state index contributed by atoms with van der Waals surface area (Å²) in [4.78, 5) is 28.9. The standard InChI is InChI=1S/C26H26ClN5O2/c1-3-20(21-6-8-30-25(21)28-2)22-15-18(27)13-17-14-23(34-24(17)22)26(33)32-11-9-31(10-12-32)19-5-4-7-29-16-19/h3-8,13,15-16,23,30H,2,9-12,14H2,1H3/b20-3+. The second-order valence-corrected chi connectivity index (χ2v) is 8.81. The molecule has 0 aliphatic carbocycles. The average Bonchev–Trinajstić information content (AvgIpc) is 3.52. The quantitative estimate of drug-likeness (QED) is 0.551. The molecule has 1 unspecified atom stereocenters. The van der Waals surface area contributed by atoms with E-state index in [9.17, 15) is 4.79 Å². The van der Waals surface area contributed by atoms with Crippen molar-refractivity contribution in [2.24, 2.45) is 4.99 Å². The normalized spacial score (nSPS) is 17.9. The number of amides is 1. The van der Waals surface area contributed by atoms with Crippen LogP contribution in [0.2, 0.25) is 5.02 Å². The molecule has 0 bridgehead atoms. The van der Waals surface area contributed by atoms with Crippen molar-refractivity contribution < 1.29 is 9.53 Å². The molecule has 2 aliphatic rings. The number of allylic oxidation sites excluding steroid dienone is 1. The molecule has 4 heterocycles. The summed E-state index contributed by atoms with van der Waals surface area (Å²) in [5.41, 5.74) is 4.71. The number of fused-ring (bicyclic) bond motifs is 1. The van der Waals surface area contributed by atoms with Gasteiger partial charge in [0.25, 0.3) is 5.91 Å². The highest BCUT2D eigenvalue weighted by Gasteiger charge is 2.36. The zero-order valence-corrected chi connectivity index (χ0v) is 19.8. The Morgan fingerprint density at radius 2 is 2.09 bits per heavy atom. The number of pyridine rings is 1. The Morgan fingerprint density at radius 1 is 1.26 bits per heavy atom. The van der Waals surface area contributed by atoms with Crippen LogP contribution in [0.15, 0.2) is 60.0 Å². The number of benzene rings is 1. The molecule has 1 N–H and O–H groups in total. The first-order valence-electron chi connectivity index (χ1n) is 11.3. The van der Waals surface area contributed by atoms with E-state index in [-0.39, 0.29) is 5.91 Å². The Hall–Kier alpha value is -3.58. The van der Waals surface area contributed by atoms with Crippen molar-refractivity contribution in [3.63, 3.8) is 0 Å². The zero-order valence-electron chi connectivity index (χ0n) is 19.0. The third-order valence-corrected chi connectivity index (χ3v) is 6.64. The smallest absolute Gasteiger partial charge is 0.264 e. The summed E-state index contributed by atoms with van der Waals surface area (Å²) in [6.07, 6.45) is 7.39. The van der Waals surface area contributed by atoms with Crippen LogP contribution in [0.1, 0.15) is 23.6 Å². The zero-order chi connectivity index (χ0) is 23.7. The summed E-state index contributed by atoms with van der Waals surface area (Å²) in [7, 11) is 0. The number of aliphatic imine (C=N–C) groups is 1. The number of halogens is 1. The SMILES string of the molecule is C=Nc1[nH]ccc1/C(=C\C)c1cc(Cl)cc2c1OC(C(=O)N1CCN(c3cccnc3)CC1)C2. The van der Waals surface area contributed by atoms with E-state index >= 15 is 0 Å². The van der Waals surface area contributed by atoms with Crippen LogP contribution in [0.4, 0.5) is 11.5 Å². The number of hydrogen-bond donors (Lipinski definition) is 1. The van der Waals surface area contributed by atoms with Crippen LogP contribution in [0.25, 0.3) is 5.57 Å². The van der Waals surface area contributed by atoms with Gasteiger partial charge in [0.05, 0.1) is 11.9 Å². The Labute approximate surface area is 203 Å². The molecule has 1 amide bonds. The van der Waals surface area contributed by atoms with Crippen molar-refractivity contribution in [1.29, 1.82) is 0 Å². The average molecular weight is 476 g/mol. The Kier molecular flexibility index (Phi) is 6.11. The first-order valence-corrected chi connectivity index (χ1v) is 11.7. The van der Waals surface area contributed by atoms with Crippen LogP contribution in [0, 0.1) is 0 Å². The van der Waals surface area contributed by atoms with E-state index in [1.807, 2.05) is 60.6 Å². The number of carbonyl (C=O) groups excluding carboxylic acids is 1. The highest BCUT2D eigenvalue weighted by atomic mass is 35.5. The molecule has 3 aromatic rings. The number of nitrogens with one attached hydrogen (secondary N) is 1. The number of nitrogens with zero attached hydrogens (tertiary/aromatic N) is 4. The maximum Gasteiger partial charge on any atom is 0.264 e. The minimum Gasteiger partial charge on any atom is -0.479 e. The molecular formula is C26H26ClN5O2. The minimum absolute atomic E-state index is 0.0150. The fraction of sp³-hybridized carbons (Fsp3) is 0.269. The molecule has 8 heteroatoms. The molecule has 5 rings (SSSR count). The lowest BCUT2D eigenvalue weighted by Crippen LogP contribution is -2.52. The molecule has 174 valence electrons. The van der Waals surface area contributed by atoms with Crippen LogP contribution < -0.4 is 9.64 Å². The molecule has 0 saturated carbocycles. The molecule has 34 heavy (non-hydrogen) atoms. The van der Waals surface area contributed by atoms with Crippen molar-refractivity contribution in [2.75, 3.05) is 31.1 Å². The van der Waals surface area contributed by atoms with Gasteiger partial charge in [-0.05, 0) is 49.5 Å². The van der Waals surface area contributed by atoms with Gasteiger partial charge in [-0.1, -0.05) is 17.7 Å². The van der Waals surface area contributed by atoms with Crippen LogP contribution in [0.5, 0.6) is 5.75 Å². The number of carbonyl (C=O) groups is 1. The third kappa shape index (κ3) is 4.07. The van der Waals surface area contributed by atoms with E-state index < -0.39 is 6.10 Å². The van der Waals surface area contributed by atoms with Crippen LogP contribution in [-0.4, -0.2) is 59.8 Å². The highest BCUT2D eigenvalue weighted by molar-refractivity contribution is 6.31. The maximum absolute atomic E-state index is 13.4. The first-order chi connectivity index (χ1) is 16.6. The molecule has 1 aromatic carbocycles. The Bertz CT molecular complexity index is 1250. The predicted octanol–water partition coefficient (Wildman–Crippen LogP) is 4.50. The van der Waals surface area contributed by atoms with Gasteiger partial charge >= 0.3 is 0 Å². The van der Waals surface area contributed by atoms with E-state index in [0.29, 0.717) is 36.1 Å². The largest absolute Gasteiger partial charge is 0.479 e. The van der Waals surface area contributed by atoms with Crippen molar-refractivity contribution in [2.45, 2.75) is 19.4 Å². The predicted molar refractivity (Wildman–Crippen MR) is 135 cm³/mol. The minimum atomic E-state index is -0.557. The summed E-state index contributed by atoms with van der Waals surface area (Å²) in [5, 5.41) is 0.610. The van der Waals surface area contributed by atoms with Gasteiger partial charge in [-0.3, -0.25) is 9.78 Å². The van der Waals surface area contributed by atoms with Crippen molar-refractivity contribution in [1.82, 2.24) is 14.9 Å². The van der Waals surface area contributed by atoms with E-state index in [0.717, 1.165) is 41.0 Å². The van der Waals surface area contributed by atoms with Crippen molar-refractivity contribution >= 4 is 41.3 Å². The van der Waals surface area contributed by atoms with E-state index in [4.69, 9.17) is 16.3 Å². The topological polar surface area (TPSA) is 73.8 Å². The lowest BCUT2D eigenvalue weighted by atomic mass is 9.96. The number of anilines is 1. The molecule has 1 atom stereocenters. The van der Waals surface area contributed by atoms with Gasteiger partial charge in [0, 0.05) is 66.7 Å². The lowest BCUT2D eigenvalue weighted by molar-refractivity contribution is -0.138. The maximum atomic E-state index is 13.4.